The molecule has 3 aromatic rings. The van der Waals surface area contributed by atoms with E-state index in [1.54, 1.807) is 29.8 Å². The molecule has 4 rings (SSSR count). The molecule has 0 spiro atoms. The summed E-state index contributed by atoms with van der Waals surface area (Å²) >= 11 is 3.49. The lowest BCUT2D eigenvalue weighted by molar-refractivity contribution is 0.102. The summed E-state index contributed by atoms with van der Waals surface area (Å²) < 4.78 is 5.39. The third-order valence-electron chi connectivity index (χ3n) is 5.13. The summed E-state index contributed by atoms with van der Waals surface area (Å²) in [5.74, 6) is 0.609. The van der Waals surface area contributed by atoms with Crippen LogP contribution in [-0.4, -0.2) is 13.0 Å². The van der Waals surface area contributed by atoms with Crippen LogP contribution in [0.25, 0.3) is 0 Å². The number of rotatable bonds is 6. The van der Waals surface area contributed by atoms with Gasteiger partial charge in [0.2, 0.25) is 0 Å². The molecule has 2 N–H and O–H groups in total. The van der Waals surface area contributed by atoms with E-state index in [1.807, 2.05) is 24.3 Å². The zero-order valence-corrected chi connectivity index (χ0v) is 17.8. The van der Waals surface area contributed by atoms with Gasteiger partial charge in [0.15, 0.2) is 0 Å². The largest absolute Gasteiger partial charge is 0.495 e. The van der Waals surface area contributed by atoms with Gasteiger partial charge in [-0.3, -0.25) is 4.79 Å². The summed E-state index contributed by atoms with van der Waals surface area (Å²) in [7, 11) is 1.62. The molecule has 146 valence electrons. The van der Waals surface area contributed by atoms with Crippen molar-refractivity contribution in [3.05, 3.63) is 62.2 Å². The van der Waals surface area contributed by atoms with Crippen LogP contribution in [0.3, 0.4) is 0 Å². The summed E-state index contributed by atoms with van der Waals surface area (Å²) in [5, 5.41) is 9.70. The van der Waals surface area contributed by atoms with E-state index < -0.39 is 0 Å². The molecule has 1 amide bonds. The van der Waals surface area contributed by atoms with Crippen molar-refractivity contribution in [2.75, 3.05) is 17.7 Å². The van der Waals surface area contributed by atoms with Crippen molar-refractivity contribution >= 4 is 39.3 Å². The second kappa shape index (κ2) is 8.37. The topological polar surface area (TPSA) is 50.4 Å². The van der Waals surface area contributed by atoms with Crippen molar-refractivity contribution in [1.29, 1.82) is 0 Å². The molecule has 0 aliphatic heterocycles. The normalized spacial score (nSPS) is 13.1. The first-order valence-corrected chi connectivity index (χ1v) is 11.2. The number of hydrogen-bond acceptors (Lipinski definition) is 5. The van der Waals surface area contributed by atoms with Gasteiger partial charge in [-0.1, -0.05) is 12.1 Å². The van der Waals surface area contributed by atoms with E-state index in [4.69, 9.17) is 4.74 Å². The number of benzene rings is 1. The van der Waals surface area contributed by atoms with Gasteiger partial charge < -0.3 is 15.4 Å². The minimum atomic E-state index is -0.0608. The molecule has 4 nitrogen and oxygen atoms in total. The Morgan fingerprint density at radius 1 is 1.18 bits per heavy atom. The number of para-hydroxylation sites is 2. The zero-order valence-electron chi connectivity index (χ0n) is 16.1. The summed E-state index contributed by atoms with van der Waals surface area (Å²) in [6, 6.07) is 9.67. The van der Waals surface area contributed by atoms with Crippen molar-refractivity contribution in [2.24, 2.45) is 0 Å². The predicted molar refractivity (Wildman–Crippen MR) is 118 cm³/mol. The second-order valence-corrected chi connectivity index (χ2v) is 9.06. The highest BCUT2D eigenvalue weighted by Crippen LogP contribution is 2.39. The van der Waals surface area contributed by atoms with Gasteiger partial charge in [0.1, 0.15) is 10.8 Å². The number of amides is 1. The molecule has 0 atom stereocenters. The molecule has 28 heavy (non-hydrogen) atoms. The molecule has 0 radical (unpaired) electrons. The van der Waals surface area contributed by atoms with Crippen molar-refractivity contribution in [2.45, 2.75) is 39.2 Å². The minimum Gasteiger partial charge on any atom is -0.495 e. The minimum absolute atomic E-state index is 0.0608. The molecule has 1 aliphatic carbocycles. The smallest absolute Gasteiger partial charge is 0.259 e. The maximum absolute atomic E-state index is 13.3. The van der Waals surface area contributed by atoms with E-state index in [9.17, 15) is 4.79 Å². The van der Waals surface area contributed by atoms with Crippen molar-refractivity contribution in [3.63, 3.8) is 0 Å². The van der Waals surface area contributed by atoms with Gasteiger partial charge in [-0.25, -0.2) is 0 Å². The van der Waals surface area contributed by atoms with E-state index in [1.165, 1.54) is 27.3 Å². The molecule has 0 fully saturated rings. The Bertz CT molecular complexity index is 990. The highest BCUT2D eigenvalue weighted by molar-refractivity contribution is 7.16. The van der Waals surface area contributed by atoms with Gasteiger partial charge in [0, 0.05) is 9.75 Å². The standard InChI is InChI=1S/C22H24N2O2S2/c1-14-11-12-27-19(14)13-23-22-20(15-7-3-6-10-18(15)28-22)21(25)24-16-8-4-5-9-17(16)26-2/h4-5,8-9,11-12,23H,3,6-7,10,13H2,1-2H3,(H,24,25). The quantitative estimate of drug-likeness (QED) is 0.532. The van der Waals surface area contributed by atoms with Crippen LogP contribution in [0.5, 0.6) is 5.75 Å². The Hall–Kier alpha value is -2.31. The van der Waals surface area contributed by atoms with E-state index in [-0.39, 0.29) is 5.91 Å². The summed E-state index contributed by atoms with van der Waals surface area (Å²) in [4.78, 5) is 15.9. The summed E-state index contributed by atoms with van der Waals surface area (Å²) in [5.41, 5.74) is 4.01. The van der Waals surface area contributed by atoms with Crippen LogP contribution in [0.1, 0.15) is 44.1 Å². The Balaban J connectivity index is 1.63. The number of nitrogens with one attached hydrogen (secondary N) is 2. The molecule has 2 aromatic heterocycles. The van der Waals surface area contributed by atoms with Crippen molar-refractivity contribution in [1.82, 2.24) is 0 Å². The zero-order chi connectivity index (χ0) is 19.5. The predicted octanol–water partition coefficient (Wildman–Crippen LogP) is 5.87. The number of anilines is 2. The second-order valence-electron chi connectivity index (χ2n) is 6.95. The average Bonchev–Trinajstić information content (AvgIpc) is 3.29. The van der Waals surface area contributed by atoms with Gasteiger partial charge in [-0.15, -0.1) is 22.7 Å². The monoisotopic (exact) mass is 412 g/mol. The molecule has 2 heterocycles. The van der Waals surface area contributed by atoms with Gasteiger partial charge >= 0.3 is 0 Å². The number of thiophene rings is 2. The fourth-order valence-electron chi connectivity index (χ4n) is 3.61. The van der Waals surface area contributed by atoms with Gasteiger partial charge in [-0.2, -0.15) is 0 Å². The van der Waals surface area contributed by atoms with E-state index in [0.29, 0.717) is 11.4 Å². The van der Waals surface area contributed by atoms with Crippen molar-refractivity contribution in [3.8, 4) is 5.75 Å². The molecule has 1 aliphatic rings. The number of ether oxygens (including phenoxy) is 1. The maximum atomic E-state index is 13.3. The molecule has 0 saturated carbocycles. The fourth-order valence-corrected chi connectivity index (χ4v) is 5.74. The van der Waals surface area contributed by atoms with Crippen LogP contribution >= 0.6 is 22.7 Å². The van der Waals surface area contributed by atoms with Crippen LogP contribution in [0.2, 0.25) is 0 Å². The first-order valence-electron chi connectivity index (χ1n) is 9.53. The molecule has 0 bridgehead atoms. The number of carbonyl (C=O) groups is 1. The first kappa shape index (κ1) is 19.0. The lowest BCUT2D eigenvalue weighted by Crippen LogP contribution is -2.17. The summed E-state index contributed by atoms with van der Waals surface area (Å²) in [6.45, 7) is 2.88. The SMILES string of the molecule is COc1ccccc1NC(=O)c1c(NCc2sccc2C)sc2c1CCCC2. The highest BCUT2D eigenvalue weighted by Gasteiger charge is 2.26. The molecular weight excluding hydrogens is 388 g/mol. The van der Waals surface area contributed by atoms with Crippen LogP contribution in [-0.2, 0) is 19.4 Å². The molecular formula is C22H24N2O2S2. The van der Waals surface area contributed by atoms with E-state index in [2.05, 4.69) is 29.0 Å². The Morgan fingerprint density at radius 3 is 2.79 bits per heavy atom. The number of hydrogen-bond donors (Lipinski definition) is 2. The number of aryl methyl sites for hydroxylation is 2. The molecule has 0 unspecified atom stereocenters. The third kappa shape index (κ3) is 3.80. The van der Waals surface area contributed by atoms with Gasteiger partial charge in [-0.05, 0) is 67.3 Å². The van der Waals surface area contributed by atoms with Crippen molar-refractivity contribution < 1.29 is 9.53 Å². The average molecular weight is 413 g/mol. The van der Waals surface area contributed by atoms with Gasteiger partial charge in [0.25, 0.3) is 5.91 Å². The lowest BCUT2D eigenvalue weighted by Gasteiger charge is -2.14. The van der Waals surface area contributed by atoms with Crippen LogP contribution in [0.4, 0.5) is 10.7 Å². The Labute approximate surface area is 173 Å². The fraction of sp³-hybridized carbons (Fsp3) is 0.318. The molecule has 6 heteroatoms. The van der Waals surface area contributed by atoms with Crippen LogP contribution in [0.15, 0.2) is 35.7 Å². The third-order valence-corrected chi connectivity index (χ3v) is 7.40. The number of fused-ring (bicyclic) bond motifs is 1. The lowest BCUT2D eigenvalue weighted by atomic mass is 9.95. The molecule has 0 saturated heterocycles. The highest BCUT2D eigenvalue weighted by atomic mass is 32.1. The molecule has 1 aromatic carbocycles. The first-order chi connectivity index (χ1) is 13.7. The van der Waals surface area contributed by atoms with Gasteiger partial charge in [0.05, 0.1) is 24.9 Å². The Morgan fingerprint density at radius 2 is 2.00 bits per heavy atom. The summed E-state index contributed by atoms with van der Waals surface area (Å²) in [6.07, 6.45) is 4.38. The van der Waals surface area contributed by atoms with Crippen LogP contribution in [0, 0.1) is 6.92 Å². The number of methoxy groups -OCH3 is 1. The Kier molecular flexibility index (Phi) is 5.69. The van der Waals surface area contributed by atoms with E-state index in [0.717, 1.165) is 36.4 Å². The van der Waals surface area contributed by atoms with Crippen LogP contribution < -0.4 is 15.4 Å². The maximum Gasteiger partial charge on any atom is 0.259 e. The number of carbonyl (C=O) groups excluding carboxylic acids is 1. The van der Waals surface area contributed by atoms with E-state index >= 15 is 0 Å².